The lowest BCUT2D eigenvalue weighted by atomic mass is 9.87. The van der Waals surface area contributed by atoms with Crippen LogP contribution in [0.25, 0.3) is 22.2 Å². The third-order valence-electron chi connectivity index (χ3n) is 9.55. The fraction of sp³-hybridized carbons (Fsp3) is 0.368. The molecular weight excluding hydrogens is 576 g/mol. The molecule has 4 aromatic rings. The fourth-order valence-electron chi connectivity index (χ4n) is 7.00. The first-order valence-electron chi connectivity index (χ1n) is 16.6. The number of nitrogens with zero attached hydrogens (tertiary/aromatic N) is 2. The number of para-hydroxylation sites is 1. The van der Waals surface area contributed by atoms with E-state index in [-0.39, 0.29) is 23.3 Å². The SMILES string of the molecule is O=C(O)c1cccc(NC(=O)C2CCN(Cc3c(-c4ccccc4)nc4ccccc4c3C(=O)NCCC3CCCCC3)CC2)c1. The van der Waals surface area contributed by atoms with Gasteiger partial charge in [0, 0.05) is 41.2 Å². The summed E-state index contributed by atoms with van der Waals surface area (Å²) in [6.45, 7) is 2.59. The number of aromatic carboxylic acids is 1. The molecule has 2 amide bonds. The lowest BCUT2D eigenvalue weighted by Crippen LogP contribution is -2.38. The van der Waals surface area contributed by atoms with Crippen LogP contribution in [0, 0.1) is 11.8 Å². The molecule has 1 saturated heterocycles. The number of anilines is 1. The summed E-state index contributed by atoms with van der Waals surface area (Å²) in [7, 11) is 0. The number of nitrogens with one attached hydrogen (secondary N) is 2. The zero-order valence-electron chi connectivity index (χ0n) is 26.2. The van der Waals surface area contributed by atoms with Crippen LogP contribution in [-0.2, 0) is 11.3 Å². The number of benzene rings is 3. The third-order valence-corrected chi connectivity index (χ3v) is 9.55. The van der Waals surface area contributed by atoms with Gasteiger partial charge in [-0.2, -0.15) is 0 Å². The molecule has 3 aromatic carbocycles. The van der Waals surface area contributed by atoms with Crippen LogP contribution in [0.1, 0.15) is 77.6 Å². The van der Waals surface area contributed by atoms with Gasteiger partial charge in [-0.3, -0.25) is 14.5 Å². The van der Waals surface area contributed by atoms with Gasteiger partial charge in [-0.1, -0.05) is 86.7 Å². The van der Waals surface area contributed by atoms with Crippen LogP contribution in [-0.4, -0.2) is 52.4 Å². The number of carbonyl (C=O) groups excluding carboxylic acids is 2. The van der Waals surface area contributed by atoms with Crippen molar-refractivity contribution in [3.63, 3.8) is 0 Å². The average Bonchev–Trinajstić information content (AvgIpc) is 3.09. The van der Waals surface area contributed by atoms with E-state index in [1.807, 2.05) is 54.6 Å². The van der Waals surface area contributed by atoms with Crippen molar-refractivity contribution in [1.29, 1.82) is 0 Å². The van der Waals surface area contributed by atoms with Crippen molar-refractivity contribution >= 4 is 34.4 Å². The van der Waals surface area contributed by atoms with Crippen molar-refractivity contribution in [2.75, 3.05) is 25.0 Å². The Kier molecular flexibility index (Phi) is 10.0. The smallest absolute Gasteiger partial charge is 0.335 e. The Hall–Kier alpha value is -4.56. The Labute approximate surface area is 270 Å². The normalized spacial score (nSPS) is 16.3. The predicted octanol–water partition coefficient (Wildman–Crippen LogP) is 7.15. The first kappa shape index (κ1) is 31.4. The van der Waals surface area contributed by atoms with Crippen molar-refractivity contribution in [2.24, 2.45) is 11.8 Å². The Morgan fingerprint density at radius 1 is 0.848 bits per heavy atom. The summed E-state index contributed by atoms with van der Waals surface area (Å²) in [5.74, 6) is -0.686. The van der Waals surface area contributed by atoms with E-state index in [2.05, 4.69) is 15.5 Å². The molecule has 1 aliphatic carbocycles. The molecular formula is C38H42N4O4. The van der Waals surface area contributed by atoms with E-state index in [1.165, 1.54) is 44.2 Å². The Morgan fingerprint density at radius 2 is 1.59 bits per heavy atom. The van der Waals surface area contributed by atoms with Gasteiger partial charge in [-0.15, -0.1) is 0 Å². The molecule has 1 aliphatic heterocycles. The summed E-state index contributed by atoms with van der Waals surface area (Å²) in [6, 6.07) is 24.3. The van der Waals surface area contributed by atoms with Gasteiger partial charge >= 0.3 is 5.97 Å². The molecule has 3 N–H and O–H groups in total. The molecule has 238 valence electrons. The number of rotatable bonds is 10. The molecule has 2 heterocycles. The van der Waals surface area contributed by atoms with Gasteiger partial charge in [0.05, 0.1) is 22.3 Å². The molecule has 46 heavy (non-hydrogen) atoms. The highest BCUT2D eigenvalue weighted by Gasteiger charge is 2.28. The summed E-state index contributed by atoms with van der Waals surface area (Å²) in [6.07, 6.45) is 8.72. The van der Waals surface area contributed by atoms with Gasteiger partial charge in [-0.25, -0.2) is 9.78 Å². The van der Waals surface area contributed by atoms with Crippen molar-refractivity contribution in [2.45, 2.75) is 57.9 Å². The first-order chi connectivity index (χ1) is 22.5. The van der Waals surface area contributed by atoms with E-state index >= 15 is 0 Å². The number of piperidine rings is 1. The summed E-state index contributed by atoms with van der Waals surface area (Å²) < 4.78 is 0. The molecule has 0 atom stereocenters. The third kappa shape index (κ3) is 7.45. The van der Waals surface area contributed by atoms with Gasteiger partial charge in [0.2, 0.25) is 5.91 Å². The van der Waals surface area contributed by atoms with Crippen molar-refractivity contribution in [3.05, 3.63) is 95.6 Å². The number of amides is 2. The van der Waals surface area contributed by atoms with Gasteiger partial charge in [0.15, 0.2) is 0 Å². The van der Waals surface area contributed by atoms with Crippen molar-refractivity contribution < 1.29 is 19.5 Å². The number of carbonyl (C=O) groups is 3. The van der Waals surface area contributed by atoms with Gasteiger partial charge in [0.1, 0.15) is 0 Å². The van der Waals surface area contributed by atoms with Crippen LogP contribution in [0.5, 0.6) is 0 Å². The quantitative estimate of drug-likeness (QED) is 0.174. The number of pyridine rings is 1. The maximum absolute atomic E-state index is 14.1. The molecule has 1 aromatic heterocycles. The van der Waals surface area contributed by atoms with Crippen molar-refractivity contribution in [3.8, 4) is 11.3 Å². The number of fused-ring (bicyclic) bond motifs is 1. The van der Waals surface area contributed by atoms with E-state index in [0.29, 0.717) is 56.2 Å². The van der Waals surface area contributed by atoms with Crippen LogP contribution in [0.15, 0.2) is 78.9 Å². The summed E-state index contributed by atoms with van der Waals surface area (Å²) in [5.41, 5.74) is 4.80. The summed E-state index contributed by atoms with van der Waals surface area (Å²) >= 11 is 0. The average molecular weight is 619 g/mol. The zero-order chi connectivity index (χ0) is 31.9. The minimum absolute atomic E-state index is 0.0561. The van der Waals surface area contributed by atoms with Crippen LogP contribution in [0.4, 0.5) is 5.69 Å². The fourth-order valence-corrected chi connectivity index (χ4v) is 7.00. The maximum atomic E-state index is 14.1. The predicted molar refractivity (Wildman–Crippen MR) is 181 cm³/mol. The number of likely N-dealkylation sites (tertiary alicyclic amines) is 1. The monoisotopic (exact) mass is 618 g/mol. The van der Waals surface area contributed by atoms with E-state index in [1.54, 1.807) is 12.1 Å². The van der Waals surface area contributed by atoms with Crippen LogP contribution in [0.2, 0.25) is 0 Å². The molecule has 0 spiro atoms. The molecule has 0 radical (unpaired) electrons. The standard InChI is InChI=1S/C38H42N4O4/c43-36(40-30-15-9-14-29(24-30)38(45)46)28-19-22-42(23-20-28)25-32-34(37(44)39-21-18-26-10-3-1-4-11-26)31-16-7-8-17-33(31)41-35(32)27-12-5-2-6-13-27/h2,5-9,12-17,24,26,28H,1,3-4,10-11,18-23,25H2,(H,39,44)(H,40,43)(H,45,46). The molecule has 8 nitrogen and oxygen atoms in total. The highest BCUT2D eigenvalue weighted by atomic mass is 16.4. The Bertz CT molecular complexity index is 1690. The topological polar surface area (TPSA) is 112 Å². The Balaban J connectivity index is 1.22. The second-order valence-electron chi connectivity index (χ2n) is 12.7. The van der Waals surface area contributed by atoms with E-state index < -0.39 is 5.97 Å². The highest BCUT2D eigenvalue weighted by Crippen LogP contribution is 2.33. The molecule has 0 unspecified atom stereocenters. The molecule has 8 heteroatoms. The van der Waals surface area contributed by atoms with Crippen LogP contribution < -0.4 is 10.6 Å². The van der Waals surface area contributed by atoms with E-state index in [4.69, 9.17) is 4.98 Å². The van der Waals surface area contributed by atoms with E-state index in [9.17, 15) is 19.5 Å². The van der Waals surface area contributed by atoms with Crippen LogP contribution >= 0.6 is 0 Å². The van der Waals surface area contributed by atoms with Gasteiger partial charge in [-0.05, 0) is 62.5 Å². The minimum Gasteiger partial charge on any atom is -0.478 e. The second-order valence-corrected chi connectivity index (χ2v) is 12.7. The van der Waals surface area contributed by atoms with Crippen LogP contribution in [0.3, 0.4) is 0 Å². The zero-order valence-corrected chi connectivity index (χ0v) is 26.2. The first-order valence-corrected chi connectivity index (χ1v) is 16.6. The summed E-state index contributed by atoms with van der Waals surface area (Å²) in [5, 5.41) is 16.3. The molecule has 6 rings (SSSR count). The highest BCUT2D eigenvalue weighted by molar-refractivity contribution is 6.09. The largest absolute Gasteiger partial charge is 0.478 e. The number of carboxylic acids is 1. The molecule has 0 bridgehead atoms. The van der Waals surface area contributed by atoms with Gasteiger partial charge in [0.25, 0.3) is 5.91 Å². The molecule has 1 saturated carbocycles. The Morgan fingerprint density at radius 3 is 2.35 bits per heavy atom. The minimum atomic E-state index is -1.03. The number of aromatic nitrogens is 1. The van der Waals surface area contributed by atoms with Crippen molar-refractivity contribution in [1.82, 2.24) is 15.2 Å². The van der Waals surface area contributed by atoms with E-state index in [0.717, 1.165) is 34.1 Å². The lowest BCUT2D eigenvalue weighted by molar-refractivity contribution is -0.121. The number of hydrogen-bond donors (Lipinski definition) is 3. The lowest BCUT2D eigenvalue weighted by Gasteiger charge is -2.32. The molecule has 2 fully saturated rings. The second kappa shape index (κ2) is 14.7. The molecule has 2 aliphatic rings. The number of hydrogen-bond acceptors (Lipinski definition) is 5. The summed E-state index contributed by atoms with van der Waals surface area (Å²) in [4.78, 5) is 46.0. The number of carboxylic acid groups (broad SMARTS) is 1. The maximum Gasteiger partial charge on any atom is 0.335 e. The van der Waals surface area contributed by atoms with Gasteiger partial charge < -0.3 is 15.7 Å².